The average molecular weight is 725 g/mol. The van der Waals surface area contributed by atoms with Gasteiger partial charge >= 0.3 is 0 Å². The van der Waals surface area contributed by atoms with E-state index in [1.165, 1.54) is 0 Å². The van der Waals surface area contributed by atoms with Crippen LogP contribution in [-0.4, -0.2) is 4.98 Å². The summed E-state index contributed by atoms with van der Waals surface area (Å²) in [6.07, 6.45) is 0. The van der Waals surface area contributed by atoms with E-state index in [0.29, 0.717) is 0 Å². The minimum absolute atomic E-state index is 0.860. The smallest absolute Gasteiger partial charge is 0.144 e. The Morgan fingerprint density at radius 2 is 0.945 bits per heavy atom. The lowest BCUT2D eigenvalue weighted by atomic mass is 10.0. The molecule has 258 valence electrons. The van der Waals surface area contributed by atoms with Crippen molar-refractivity contribution in [1.82, 2.24) is 4.98 Å². The molecule has 0 atom stereocenters. The molecule has 0 unspecified atom stereocenters. The second-order valence-corrected chi connectivity index (χ2v) is 14.9. The van der Waals surface area contributed by atoms with Gasteiger partial charge in [-0.3, -0.25) is 0 Å². The summed E-state index contributed by atoms with van der Waals surface area (Å²) in [5.74, 6) is 0. The number of para-hydroxylation sites is 3. The first-order valence-corrected chi connectivity index (χ1v) is 19.1. The molecule has 0 N–H and O–H groups in total. The van der Waals surface area contributed by atoms with Gasteiger partial charge in [-0.1, -0.05) is 97.1 Å². The molecular formula is C49H28N2O3S. The zero-order valence-corrected chi connectivity index (χ0v) is 30.0. The lowest BCUT2D eigenvalue weighted by molar-refractivity contribution is 0.668. The number of anilines is 3. The van der Waals surface area contributed by atoms with Crippen LogP contribution in [0.15, 0.2) is 183 Å². The summed E-state index contributed by atoms with van der Waals surface area (Å²) in [4.78, 5) is 7.47. The van der Waals surface area contributed by atoms with Gasteiger partial charge < -0.3 is 18.2 Å². The van der Waals surface area contributed by atoms with Crippen molar-refractivity contribution in [2.45, 2.75) is 0 Å². The van der Waals surface area contributed by atoms with Gasteiger partial charge in [0.05, 0.1) is 10.2 Å². The Bertz CT molecular complexity index is 3330. The van der Waals surface area contributed by atoms with Crippen molar-refractivity contribution >= 4 is 104 Å². The highest BCUT2D eigenvalue weighted by molar-refractivity contribution is 7.22. The summed E-state index contributed by atoms with van der Waals surface area (Å²) < 4.78 is 20.3. The molecule has 0 radical (unpaired) electrons. The highest BCUT2D eigenvalue weighted by Crippen LogP contribution is 2.46. The standard InChI is InChI=1S/C49H28N2O3S/c1-2-10-30(11-3-1)49-50-40-28-37(47-46(48(40)55-49)36-14-6-9-17-43(36)54-47)29-18-20-31(21-19-29)51(32-22-24-44-38(26-32)34-12-4-7-15-41(34)52-44)33-23-25-45-39(27-33)35-13-5-8-16-42(35)53-45/h1-28H. The molecule has 0 bridgehead atoms. The molecule has 0 aliphatic carbocycles. The van der Waals surface area contributed by atoms with Crippen LogP contribution in [0.5, 0.6) is 0 Å². The zero-order valence-electron chi connectivity index (χ0n) is 29.2. The van der Waals surface area contributed by atoms with Crippen LogP contribution in [0.2, 0.25) is 0 Å². The van der Waals surface area contributed by atoms with E-state index >= 15 is 0 Å². The largest absolute Gasteiger partial charge is 0.456 e. The van der Waals surface area contributed by atoms with Gasteiger partial charge in [0, 0.05) is 60.5 Å². The first-order valence-electron chi connectivity index (χ1n) is 18.3. The van der Waals surface area contributed by atoms with E-state index < -0.39 is 0 Å². The third-order valence-electron chi connectivity index (χ3n) is 10.7. The van der Waals surface area contributed by atoms with E-state index in [4.69, 9.17) is 18.2 Å². The Labute approximate surface area is 317 Å². The Balaban J connectivity index is 1.05. The number of rotatable bonds is 5. The van der Waals surface area contributed by atoms with Crippen molar-refractivity contribution in [1.29, 1.82) is 0 Å². The van der Waals surface area contributed by atoms with Crippen LogP contribution in [-0.2, 0) is 0 Å². The van der Waals surface area contributed by atoms with E-state index in [1.54, 1.807) is 11.3 Å². The van der Waals surface area contributed by atoms with Crippen molar-refractivity contribution < 1.29 is 13.3 Å². The molecule has 4 heterocycles. The number of nitrogens with zero attached hydrogens (tertiary/aromatic N) is 2. The number of hydrogen-bond donors (Lipinski definition) is 0. The van der Waals surface area contributed by atoms with Crippen LogP contribution in [0, 0.1) is 0 Å². The van der Waals surface area contributed by atoms with Gasteiger partial charge in [-0.15, -0.1) is 11.3 Å². The van der Waals surface area contributed by atoms with E-state index in [2.05, 4.69) is 132 Å². The molecule has 0 spiro atoms. The number of thiazole rings is 1. The minimum atomic E-state index is 0.860. The van der Waals surface area contributed by atoms with Crippen molar-refractivity contribution in [3.05, 3.63) is 170 Å². The highest BCUT2D eigenvalue weighted by Gasteiger charge is 2.21. The normalized spacial score (nSPS) is 12.0. The summed E-state index contributed by atoms with van der Waals surface area (Å²) in [5.41, 5.74) is 12.4. The zero-order chi connectivity index (χ0) is 36.0. The van der Waals surface area contributed by atoms with Gasteiger partial charge in [-0.25, -0.2) is 4.98 Å². The fourth-order valence-electron chi connectivity index (χ4n) is 8.13. The summed E-state index contributed by atoms with van der Waals surface area (Å²) >= 11 is 1.72. The van der Waals surface area contributed by atoms with Crippen molar-refractivity contribution in [3.8, 4) is 21.7 Å². The Morgan fingerprint density at radius 3 is 1.58 bits per heavy atom. The topological polar surface area (TPSA) is 55.6 Å². The molecule has 0 amide bonds. The van der Waals surface area contributed by atoms with Crippen LogP contribution in [0.4, 0.5) is 17.1 Å². The second kappa shape index (κ2) is 11.7. The molecule has 12 rings (SSSR count). The Hall–Kier alpha value is -7.15. The van der Waals surface area contributed by atoms with Crippen LogP contribution >= 0.6 is 11.3 Å². The van der Waals surface area contributed by atoms with E-state index in [0.717, 1.165) is 115 Å². The molecule has 8 aromatic carbocycles. The van der Waals surface area contributed by atoms with Gasteiger partial charge in [-0.2, -0.15) is 0 Å². The summed E-state index contributed by atoms with van der Waals surface area (Å²) in [7, 11) is 0. The number of aromatic nitrogens is 1. The maximum atomic E-state index is 6.66. The number of hydrogen-bond acceptors (Lipinski definition) is 6. The quantitative estimate of drug-likeness (QED) is 0.177. The van der Waals surface area contributed by atoms with E-state index in [-0.39, 0.29) is 0 Å². The maximum absolute atomic E-state index is 6.66. The molecule has 0 fully saturated rings. The predicted molar refractivity (Wildman–Crippen MR) is 227 cm³/mol. The van der Waals surface area contributed by atoms with Gasteiger partial charge in [-0.05, 0) is 78.4 Å². The highest BCUT2D eigenvalue weighted by atomic mass is 32.1. The monoisotopic (exact) mass is 724 g/mol. The summed E-state index contributed by atoms with van der Waals surface area (Å²) in [6.45, 7) is 0. The molecule has 6 heteroatoms. The third kappa shape index (κ3) is 4.68. The van der Waals surface area contributed by atoms with E-state index in [1.807, 2.05) is 42.5 Å². The molecule has 0 saturated heterocycles. The van der Waals surface area contributed by atoms with Crippen LogP contribution in [0.25, 0.3) is 97.7 Å². The lowest BCUT2D eigenvalue weighted by Gasteiger charge is -2.26. The number of benzene rings is 8. The fourth-order valence-corrected chi connectivity index (χ4v) is 9.24. The van der Waals surface area contributed by atoms with E-state index in [9.17, 15) is 0 Å². The SMILES string of the molecule is c1ccc(-c2nc3cc(-c4ccc(N(c5ccc6oc7ccccc7c6c5)c5ccc6oc7ccccc7c6c5)cc4)c4oc5ccccc5c4c3s2)cc1. The van der Waals surface area contributed by atoms with Crippen molar-refractivity contribution in [3.63, 3.8) is 0 Å². The van der Waals surface area contributed by atoms with Crippen LogP contribution in [0.3, 0.4) is 0 Å². The molecule has 5 nitrogen and oxygen atoms in total. The first kappa shape index (κ1) is 30.3. The molecule has 0 aliphatic heterocycles. The average Bonchev–Trinajstić information content (AvgIpc) is 4.02. The Kier molecular flexibility index (Phi) is 6.44. The van der Waals surface area contributed by atoms with Crippen LogP contribution < -0.4 is 4.90 Å². The van der Waals surface area contributed by atoms with Crippen molar-refractivity contribution in [2.24, 2.45) is 0 Å². The summed E-state index contributed by atoms with van der Waals surface area (Å²) in [5, 5.41) is 7.53. The van der Waals surface area contributed by atoms with Gasteiger partial charge in [0.1, 0.15) is 38.5 Å². The second-order valence-electron chi connectivity index (χ2n) is 13.9. The molecular weight excluding hydrogens is 697 g/mol. The maximum Gasteiger partial charge on any atom is 0.144 e. The summed E-state index contributed by atoms with van der Waals surface area (Å²) in [6, 6.07) is 58.9. The predicted octanol–water partition coefficient (Wildman–Crippen LogP) is 14.8. The van der Waals surface area contributed by atoms with Crippen LogP contribution in [0.1, 0.15) is 0 Å². The molecule has 55 heavy (non-hydrogen) atoms. The molecule has 0 aliphatic rings. The van der Waals surface area contributed by atoms with Gasteiger partial charge in [0.15, 0.2) is 0 Å². The van der Waals surface area contributed by atoms with Gasteiger partial charge in [0.25, 0.3) is 0 Å². The Morgan fingerprint density at radius 1 is 0.418 bits per heavy atom. The molecule has 12 aromatic rings. The number of furan rings is 3. The first-order chi connectivity index (χ1) is 27.2. The van der Waals surface area contributed by atoms with Crippen molar-refractivity contribution in [2.75, 3.05) is 4.90 Å². The molecule has 0 saturated carbocycles. The third-order valence-corrected chi connectivity index (χ3v) is 11.8. The lowest BCUT2D eigenvalue weighted by Crippen LogP contribution is -2.09. The fraction of sp³-hybridized carbons (Fsp3) is 0. The minimum Gasteiger partial charge on any atom is -0.456 e. The van der Waals surface area contributed by atoms with Gasteiger partial charge in [0.2, 0.25) is 0 Å². The number of fused-ring (bicyclic) bond motifs is 11. The molecule has 4 aromatic heterocycles.